The van der Waals surface area contributed by atoms with Crippen LogP contribution in [-0.4, -0.2) is 46.2 Å². The van der Waals surface area contributed by atoms with Crippen molar-refractivity contribution in [2.24, 2.45) is 0 Å². The molecule has 8 nitrogen and oxygen atoms in total. The van der Waals surface area contributed by atoms with Crippen molar-refractivity contribution in [1.29, 1.82) is 0 Å². The van der Waals surface area contributed by atoms with E-state index in [0.29, 0.717) is 35.4 Å². The van der Waals surface area contributed by atoms with Crippen LogP contribution in [0.2, 0.25) is 5.15 Å². The first kappa shape index (κ1) is 14.1. The third-order valence-electron chi connectivity index (χ3n) is 2.50. The molecule has 2 aromatic heterocycles. The van der Waals surface area contributed by atoms with Crippen LogP contribution in [-0.2, 0) is 0 Å². The molecule has 2 aromatic rings. The third-order valence-corrected chi connectivity index (χ3v) is 2.79. The molecule has 0 aromatic carbocycles. The summed E-state index contributed by atoms with van der Waals surface area (Å²) in [5.74, 6) is 0.377. The molecule has 0 bridgehead atoms. The van der Waals surface area contributed by atoms with Gasteiger partial charge in [-0.1, -0.05) is 11.6 Å². The Hall–Kier alpha value is -2.35. The number of nitrogens with zero attached hydrogens (tertiary/aromatic N) is 3. The van der Waals surface area contributed by atoms with Gasteiger partial charge in [-0.05, 0) is 6.07 Å². The van der Waals surface area contributed by atoms with E-state index < -0.39 is 0 Å². The number of aromatic amines is 1. The molecule has 106 valence electrons. The maximum atomic E-state index is 11.6. The first-order valence-corrected chi connectivity index (χ1v) is 6.30. The Labute approximate surface area is 120 Å². The molecule has 0 radical (unpaired) electrons. The molecule has 2 rings (SSSR count). The van der Waals surface area contributed by atoms with Crippen LogP contribution in [0.25, 0.3) is 0 Å². The number of hydrogen-bond acceptors (Lipinski definition) is 6. The Balaban J connectivity index is 1.82. The van der Waals surface area contributed by atoms with Gasteiger partial charge in [-0.3, -0.25) is 9.89 Å². The second-order valence-corrected chi connectivity index (χ2v) is 4.15. The molecule has 0 aliphatic carbocycles. The lowest BCUT2D eigenvalue weighted by Gasteiger charge is -2.11. The quantitative estimate of drug-likeness (QED) is 0.462. The van der Waals surface area contributed by atoms with Crippen LogP contribution in [0, 0.1) is 0 Å². The molecule has 0 atom stereocenters. The number of hydrogen-bond donors (Lipinski definition) is 4. The number of carbonyl (C=O) groups excluding carboxylic acids is 1. The molecule has 20 heavy (non-hydrogen) atoms. The van der Waals surface area contributed by atoms with Crippen molar-refractivity contribution < 1.29 is 4.79 Å². The highest BCUT2D eigenvalue weighted by molar-refractivity contribution is 6.32. The van der Waals surface area contributed by atoms with Crippen LogP contribution in [0.15, 0.2) is 18.6 Å². The van der Waals surface area contributed by atoms with Gasteiger partial charge in [-0.15, -0.1) is 0 Å². The van der Waals surface area contributed by atoms with Crippen LogP contribution < -0.4 is 16.0 Å². The van der Waals surface area contributed by atoms with E-state index in [2.05, 4.69) is 36.1 Å². The van der Waals surface area contributed by atoms with Gasteiger partial charge in [0, 0.05) is 26.3 Å². The standard InChI is InChI=1S/C11H14ClN7O/c1-13-8-9(12)16-6-17-10(8)14-4-5-15-11(20)7-2-3-18-19-7/h2-3,6,13H,4-5H2,1H3,(H,15,20)(H,18,19)(H,14,16,17). The van der Waals surface area contributed by atoms with Gasteiger partial charge in [-0.2, -0.15) is 5.10 Å². The number of H-pyrrole nitrogens is 1. The van der Waals surface area contributed by atoms with E-state index in [9.17, 15) is 4.79 Å². The zero-order valence-electron chi connectivity index (χ0n) is 10.8. The van der Waals surface area contributed by atoms with Crippen molar-refractivity contribution in [2.75, 3.05) is 30.8 Å². The molecule has 0 aliphatic heterocycles. The molecule has 0 aliphatic rings. The number of carbonyl (C=O) groups is 1. The summed E-state index contributed by atoms with van der Waals surface area (Å²) in [4.78, 5) is 19.6. The first-order valence-electron chi connectivity index (χ1n) is 5.92. The van der Waals surface area contributed by atoms with E-state index in [1.807, 2.05) is 0 Å². The average Bonchev–Trinajstić information content (AvgIpc) is 2.97. The van der Waals surface area contributed by atoms with Crippen molar-refractivity contribution in [3.05, 3.63) is 29.4 Å². The third kappa shape index (κ3) is 3.35. The van der Waals surface area contributed by atoms with Crippen LogP contribution in [0.1, 0.15) is 10.5 Å². The molecule has 9 heteroatoms. The lowest BCUT2D eigenvalue weighted by Crippen LogP contribution is -2.29. The Morgan fingerprint density at radius 1 is 1.40 bits per heavy atom. The highest BCUT2D eigenvalue weighted by Gasteiger charge is 2.08. The van der Waals surface area contributed by atoms with Gasteiger partial charge in [-0.25, -0.2) is 9.97 Å². The maximum Gasteiger partial charge on any atom is 0.269 e. The van der Waals surface area contributed by atoms with Crippen molar-refractivity contribution in [1.82, 2.24) is 25.5 Å². The summed E-state index contributed by atoms with van der Waals surface area (Å²) >= 11 is 5.93. The van der Waals surface area contributed by atoms with Crippen molar-refractivity contribution in [3.63, 3.8) is 0 Å². The number of rotatable bonds is 6. The number of anilines is 2. The molecule has 0 unspecified atom stereocenters. The minimum atomic E-state index is -0.209. The summed E-state index contributed by atoms with van der Waals surface area (Å²) in [6.07, 6.45) is 2.89. The Morgan fingerprint density at radius 3 is 2.95 bits per heavy atom. The van der Waals surface area contributed by atoms with E-state index in [-0.39, 0.29) is 5.91 Å². The normalized spacial score (nSPS) is 10.1. The zero-order valence-corrected chi connectivity index (χ0v) is 11.5. The van der Waals surface area contributed by atoms with Gasteiger partial charge in [0.05, 0.1) is 0 Å². The van der Waals surface area contributed by atoms with Crippen LogP contribution >= 0.6 is 11.6 Å². The van der Waals surface area contributed by atoms with Gasteiger partial charge in [0.25, 0.3) is 5.91 Å². The van der Waals surface area contributed by atoms with Gasteiger partial charge >= 0.3 is 0 Å². The fourth-order valence-electron chi connectivity index (χ4n) is 1.55. The average molecular weight is 296 g/mol. The Bertz CT molecular complexity index is 572. The number of nitrogens with one attached hydrogen (secondary N) is 4. The Kier molecular flexibility index (Phi) is 4.72. The van der Waals surface area contributed by atoms with Crippen LogP contribution in [0.5, 0.6) is 0 Å². The molecular weight excluding hydrogens is 282 g/mol. The summed E-state index contributed by atoms with van der Waals surface area (Å²) in [5, 5.41) is 15.4. The molecular formula is C11H14ClN7O. The van der Waals surface area contributed by atoms with E-state index in [1.165, 1.54) is 12.5 Å². The predicted octanol–water partition coefficient (Wildman–Crippen LogP) is 0.737. The van der Waals surface area contributed by atoms with E-state index in [4.69, 9.17) is 11.6 Å². The minimum Gasteiger partial charge on any atom is -0.383 e. The zero-order chi connectivity index (χ0) is 14.4. The first-order chi connectivity index (χ1) is 9.72. The lowest BCUT2D eigenvalue weighted by molar-refractivity contribution is 0.0950. The molecule has 1 amide bonds. The highest BCUT2D eigenvalue weighted by atomic mass is 35.5. The van der Waals surface area contributed by atoms with Gasteiger partial charge < -0.3 is 16.0 Å². The monoisotopic (exact) mass is 295 g/mol. The largest absolute Gasteiger partial charge is 0.383 e. The number of amides is 1. The summed E-state index contributed by atoms with van der Waals surface area (Å²) in [5.41, 5.74) is 1.04. The maximum absolute atomic E-state index is 11.6. The SMILES string of the molecule is CNc1c(Cl)ncnc1NCCNC(=O)c1ccn[nH]1. The fourth-order valence-corrected chi connectivity index (χ4v) is 1.78. The summed E-state index contributed by atoms with van der Waals surface area (Å²) < 4.78 is 0. The minimum absolute atomic E-state index is 0.209. The smallest absolute Gasteiger partial charge is 0.269 e. The second kappa shape index (κ2) is 6.71. The summed E-state index contributed by atoms with van der Waals surface area (Å²) in [6.45, 7) is 0.935. The van der Waals surface area contributed by atoms with Crippen molar-refractivity contribution in [2.45, 2.75) is 0 Å². The molecule has 0 saturated carbocycles. The summed E-state index contributed by atoms with van der Waals surface area (Å²) in [6, 6.07) is 1.60. The van der Waals surface area contributed by atoms with Crippen molar-refractivity contribution in [3.8, 4) is 0 Å². The molecule has 0 spiro atoms. The van der Waals surface area contributed by atoms with Gasteiger partial charge in [0.1, 0.15) is 17.7 Å². The lowest BCUT2D eigenvalue weighted by atomic mass is 10.4. The molecule has 4 N–H and O–H groups in total. The summed E-state index contributed by atoms with van der Waals surface area (Å²) in [7, 11) is 1.73. The fraction of sp³-hybridized carbons (Fsp3) is 0.273. The van der Waals surface area contributed by atoms with Gasteiger partial charge in [0.15, 0.2) is 11.0 Å². The van der Waals surface area contributed by atoms with E-state index >= 15 is 0 Å². The highest BCUT2D eigenvalue weighted by Crippen LogP contribution is 2.24. The van der Waals surface area contributed by atoms with Crippen LogP contribution in [0.4, 0.5) is 11.5 Å². The number of halogens is 1. The molecule has 0 saturated heterocycles. The predicted molar refractivity (Wildman–Crippen MR) is 76.0 cm³/mol. The van der Waals surface area contributed by atoms with E-state index in [1.54, 1.807) is 13.1 Å². The van der Waals surface area contributed by atoms with Crippen molar-refractivity contribution >= 4 is 29.0 Å². The topological polar surface area (TPSA) is 108 Å². The van der Waals surface area contributed by atoms with Crippen LogP contribution in [0.3, 0.4) is 0 Å². The second-order valence-electron chi connectivity index (χ2n) is 3.79. The van der Waals surface area contributed by atoms with Gasteiger partial charge in [0.2, 0.25) is 0 Å². The van der Waals surface area contributed by atoms with E-state index in [0.717, 1.165) is 0 Å². The Morgan fingerprint density at radius 2 is 2.25 bits per heavy atom. The molecule has 2 heterocycles. The number of aromatic nitrogens is 4. The molecule has 0 fully saturated rings.